The van der Waals surface area contributed by atoms with Gasteiger partial charge in [-0.25, -0.2) is 4.79 Å². The number of aryl methyl sites for hydroxylation is 1. The van der Waals surface area contributed by atoms with E-state index in [2.05, 4.69) is 43.4 Å². The van der Waals surface area contributed by atoms with Crippen LogP contribution in [0.25, 0.3) is 0 Å². The van der Waals surface area contributed by atoms with Gasteiger partial charge in [-0.2, -0.15) is 0 Å². The third-order valence-corrected chi connectivity index (χ3v) is 3.65. The molecule has 4 heteroatoms. The van der Waals surface area contributed by atoms with Crippen LogP contribution in [0.3, 0.4) is 0 Å². The Morgan fingerprint density at radius 3 is 2.39 bits per heavy atom. The maximum absolute atomic E-state index is 11.9. The van der Waals surface area contributed by atoms with Crippen LogP contribution in [0.4, 0.5) is 4.79 Å². The van der Waals surface area contributed by atoms with Crippen molar-refractivity contribution in [1.82, 2.24) is 10.2 Å². The van der Waals surface area contributed by atoms with E-state index in [1.807, 2.05) is 20.8 Å². The van der Waals surface area contributed by atoms with Gasteiger partial charge in [0, 0.05) is 19.6 Å². The first-order chi connectivity index (χ1) is 10.7. The van der Waals surface area contributed by atoms with E-state index < -0.39 is 5.60 Å². The fraction of sp³-hybridized carbons (Fsp3) is 0.632. The Morgan fingerprint density at radius 2 is 1.87 bits per heavy atom. The van der Waals surface area contributed by atoms with Gasteiger partial charge in [-0.3, -0.25) is 0 Å². The van der Waals surface area contributed by atoms with Crippen molar-refractivity contribution in [3.05, 3.63) is 35.4 Å². The van der Waals surface area contributed by atoms with Crippen LogP contribution >= 0.6 is 0 Å². The van der Waals surface area contributed by atoms with E-state index in [0.717, 1.165) is 19.4 Å². The van der Waals surface area contributed by atoms with Crippen LogP contribution in [0, 0.1) is 6.92 Å². The topological polar surface area (TPSA) is 41.6 Å². The van der Waals surface area contributed by atoms with Gasteiger partial charge >= 0.3 is 6.09 Å². The van der Waals surface area contributed by atoms with Crippen LogP contribution in [0.2, 0.25) is 0 Å². The molecule has 1 aromatic carbocycles. The molecule has 4 nitrogen and oxygen atoms in total. The number of nitrogens with zero attached hydrogens (tertiary/aromatic N) is 1. The fourth-order valence-corrected chi connectivity index (χ4v) is 2.32. The molecule has 0 saturated carbocycles. The van der Waals surface area contributed by atoms with Crippen molar-refractivity contribution in [2.45, 2.75) is 59.1 Å². The van der Waals surface area contributed by atoms with Gasteiger partial charge in [0.25, 0.3) is 0 Å². The highest BCUT2D eigenvalue weighted by Gasteiger charge is 2.19. The number of ether oxygens (including phenoxy) is 1. The first kappa shape index (κ1) is 19.5. The van der Waals surface area contributed by atoms with E-state index in [4.69, 9.17) is 4.74 Å². The van der Waals surface area contributed by atoms with Gasteiger partial charge in [0.2, 0.25) is 0 Å². The van der Waals surface area contributed by atoms with Crippen LogP contribution < -0.4 is 5.32 Å². The predicted molar refractivity (Wildman–Crippen MR) is 95.7 cm³/mol. The van der Waals surface area contributed by atoms with Crippen LogP contribution in [-0.4, -0.2) is 36.7 Å². The zero-order valence-electron chi connectivity index (χ0n) is 15.5. The number of hydrogen-bond donors (Lipinski definition) is 1. The van der Waals surface area contributed by atoms with Gasteiger partial charge in [0.1, 0.15) is 5.60 Å². The van der Waals surface area contributed by atoms with E-state index in [-0.39, 0.29) is 6.09 Å². The van der Waals surface area contributed by atoms with Gasteiger partial charge < -0.3 is 15.0 Å². The number of nitrogens with one attached hydrogen (secondary N) is 1. The zero-order valence-corrected chi connectivity index (χ0v) is 15.5. The molecule has 1 amide bonds. The molecule has 1 aromatic rings. The van der Waals surface area contributed by atoms with Gasteiger partial charge in [-0.15, -0.1) is 0 Å². The molecule has 0 fully saturated rings. The number of amides is 1. The number of carbonyl (C=O) groups is 1. The molecular formula is C19H32N2O2. The zero-order chi connectivity index (χ0) is 17.5. The van der Waals surface area contributed by atoms with Gasteiger partial charge in [0.15, 0.2) is 0 Å². The van der Waals surface area contributed by atoms with Crippen LogP contribution in [0.1, 0.15) is 57.7 Å². The van der Waals surface area contributed by atoms with Crippen molar-refractivity contribution in [1.29, 1.82) is 0 Å². The third-order valence-electron chi connectivity index (χ3n) is 3.65. The summed E-state index contributed by atoms with van der Waals surface area (Å²) < 4.78 is 5.35. The lowest BCUT2D eigenvalue weighted by Crippen LogP contribution is -2.35. The first-order valence-electron chi connectivity index (χ1n) is 8.47. The second kappa shape index (κ2) is 8.92. The van der Waals surface area contributed by atoms with Crippen molar-refractivity contribution in [3.63, 3.8) is 0 Å². The minimum absolute atomic E-state index is 0.261. The smallest absolute Gasteiger partial charge is 0.410 e. The lowest BCUT2D eigenvalue weighted by molar-refractivity contribution is 0.0297. The minimum atomic E-state index is -0.442. The van der Waals surface area contributed by atoms with E-state index in [1.54, 1.807) is 11.9 Å². The summed E-state index contributed by atoms with van der Waals surface area (Å²) in [4.78, 5) is 13.5. The predicted octanol–water partition coefficient (Wildman–Crippen LogP) is 4.29. The van der Waals surface area contributed by atoms with Crippen molar-refractivity contribution >= 4 is 6.09 Å². The first-order valence-corrected chi connectivity index (χ1v) is 8.47. The minimum Gasteiger partial charge on any atom is -0.444 e. The average molecular weight is 320 g/mol. The van der Waals surface area contributed by atoms with Crippen LogP contribution in [0.15, 0.2) is 24.3 Å². The lowest BCUT2D eigenvalue weighted by Gasteiger charge is -2.25. The molecule has 0 saturated heterocycles. The summed E-state index contributed by atoms with van der Waals surface area (Å²) in [5.74, 6) is 0. The molecule has 0 radical (unpaired) electrons. The second-order valence-electron chi connectivity index (χ2n) is 7.08. The molecule has 0 aliphatic rings. The molecule has 0 heterocycles. The Hall–Kier alpha value is -1.55. The summed E-state index contributed by atoms with van der Waals surface area (Å²) in [6, 6.07) is 9.03. The Balaban J connectivity index is 2.35. The highest BCUT2D eigenvalue weighted by molar-refractivity contribution is 5.67. The molecule has 1 rings (SSSR count). The van der Waals surface area contributed by atoms with E-state index >= 15 is 0 Å². The molecule has 1 atom stereocenters. The maximum Gasteiger partial charge on any atom is 0.410 e. The molecule has 0 aromatic heterocycles. The Morgan fingerprint density at radius 1 is 1.26 bits per heavy atom. The lowest BCUT2D eigenvalue weighted by atomic mass is 10.0. The van der Waals surface area contributed by atoms with Crippen molar-refractivity contribution < 1.29 is 9.53 Å². The molecule has 23 heavy (non-hydrogen) atoms. The maximum atomic E-state index is 11.9. The molecule has 0 spiro atoms. The third kappa shape index (κ3) is 7.51. The van der Waals surface area contributed by atoms with Crippen LogP contribution in [0.5, 0.6) is 0 Å². The van der Waals surface area contributed by atoms with E-state index in [1.165, 1.54) is 11.1 Å². The van der Waals surface area contributed by atoms with Crippen molar-refractivity contribution in [2.75, 3.05) is 20.1 Å². The molecule has 0 bridgehead atoms. The second-order valence-corrected chi connectivity index (χ2v) is 7.08. The monoisotopic (exact) mass is 320 g/mol. The summed E-state index contributed by atoms with van der Waals surface area (Å²) in [5.41, 5.74) is 2.16. The van der Waals surface area contributed by atoms with E-state index in [9.17, 15) is 4.79 Å². The summed E-state index contributed by atoms with van der Waals surface area (Å²) in [6.45, 7) is 11.5. The summed E-state index contributed by atoms with van der Waals surface area (Å²) in [6.07, 6.45) is 1.69. The molecular weight excluding hydrogens is 288 g/mol. The Bertz CT molecular complexity index is 477. The van der Waals surface area contributed by atoms with Gasteiger partial charge in [0.05, 0.1) is 0 Å². The Kier molecular flexibility index (Phi) is 7.56. The SMILES string of the molecule is CCC(NCCCN(C)C(=O)OC(C)(C)C)c1ccc(C)cc1. The highest BCUT2D eigenvalue weighted by Crippen LogP contribution is 2.17. The summed E-state index contributed by atoms with van der Waals surface area (Å²) in [7, 11) is 1.78. The fourth-order valence-electron chi connectivity index (χ4n) is 2.32. The summed E-state index contributed by atoms with van der Waals surface area (Å²) in [5, 5.41) is 3.57. The molecule has 130 valence electrons. The van der Waals surface area contributed by atoms with E-state index in [0.29, 0.717) is 12.6 Å². The largest absolute Gasteiger partial charge is 0.444 e. The number of carbonyl (C=O) groups excluding carboxylic acids is 1. The number of hydrogen-bond acceptors (Lipinski definition) is 3. The standard InChI is InChI=1S/C19H32N2O2/c1-7-17(16-11-9-15(2)10-12-16)20-13-8-14-21(6)18(22)23-19(3,4)5/h9-12,17,20H,7-8,13-14H2,1-6H3. The molecule has 1 N–H and O–H groups in total. The highest BCUT2D eigenvalue weighted by atomic mass is 16.6. The molecule has 0 aliphatic carbocycles. The van der Waals surface area contributed by atoms with Crippen molar-refractivity contribution in [2.24, 2.45) is 0 Å². The van der Waals surface area contributed by atoms with Crippen LogP contribution in [-0.2, 0) is 4.74 Å². The van der Waals surface area contributed by atoms with Gasteiger partial charge in [-0.05, 0) is 52.6 Å². The normalized spacial score (nSPS) is 12.8. The van der Waals surface area contributed by atoms with Gasteiger partial charge in [-0.1, -0.05) is 36.8 Å². The molecule has 1 unspecified atom stereocenters. The van der Waals surface area contributed by atoms with Crippen molar-refractivity contribution in [3.8, 4) is 0 Å². The quantitative estimate of drug-likeness (QED) is 0.762. The number of benzene rings is 1. The molecule has 0 aliphatic heterocycles. The summed E-state index contributed by atoms with van der Waals surface area (Å²) >= 11 is 0. The average Bonchev–Trinajstić information content (AvgIpc) is 2.46. The number of rotatable bonds is 7. The Labute approximate surface area is 141 Å².